The molecule has 122 valence electrons. The second kappa shape index (κ2) is 9.16. The topological polar surface area (TPSA) is 51.2 Å². The van der Waals surface area contributed by atoms with Gasteiger partial charge in [-0.3, -0.25) is 4.79 Å². The average Bonchev–Trinajstić information content (AvgIpc) is 2.57. The Hall–Kier alpha value is -2.07. The molecule has 0 unspecified atom stereocenters. The third-order valence-electron chi connectivity index (χ3n) is 3.37. The van der Waals surface area contributed by atoms with Gasteiger partial charge in [0.2, 0.25) is 0 Å². The number of benzene rings is 1. The first kappa shape index (κ1) is 17.3. The number of anilines is 1. The highest BCUT2D eigenvalue weighted by Gasteiger charge is 2.06. The fraction of sp³-hybridized carbons (Fsp3) is 0.333. The maximum Gasteiger partial charge on any atom is 0.255 e. The zero-order chi connectivity index (χ0) is 16.5. The van der Waals surface area contributed by atoms with E-state index in [1.54, 1.807) is 24.3 Å². The number of unbranched alkanes of at least 4 members (excludes halogenated alkanes) is 3. The molecule has 0 saturated carbocycles. The highest BCUT2D eigenvalue weighted by atomic mass is 35.5. The summed E-state index contributed by atoms with van der Waals surface area (Å²) in [5.74, 6) is 0.592. The van der Waals surface area contributed by atoms with Gasteiger partial charge in [0.05, 0.1) is 18.5 Å². The van der Waals surface area contributed by atoms with Crippen molar-refractivity contribution in [1.29, 1.82) is 0 Å². The van der Waals surface area contributed by atoms with Crippen LogP contribution in [-0.4, -0.2) is 17.5 Å². The van der Waals surface area contributed by atoms with Gasteiger partial charge in [-0.1, -0.05) is 37.8 Å². The van der Waals surface area contributed by atoms with E-state index in [9.17, 15) is 4.79 Å². The molecule has 0 bridgehead atoms. The SMILES string of the molecule is CCCCCCOc1ccc(C(=O)Nc2ccc(Cl)nc2)cc1. The van der Waals surface area contributed by atoms with Crippen molar-refractivity contribution in [2.45, 2.75) is 32.6 Å². The van der Waals surface area contributed by atoms with E-state index >= 15 is 0 Å². The number of aromatic nitrogens is 1. The van der Waals surface area contributed by atoms with Crippen LogP contribution in [0.5, 0.6) is 5.75 Å². The van der Waals surface area contributed by atoms with Crippen molar-refractivity contribution in [3.05, 3.63) is 53.3 Å². The Bertz CT molecular complexity index is 612. The maximum atomic E-state index is 12.1. The number of amides is 1. The first-order chi connectivity index (χ1) is 11.2. The Morgan fingerprint density at radius 3 is 2.57 bits per heavy atom. The van der Waals surface area contributed by atoms with Gasteiger partial charge in [-0.05, 0) is 42.8 Å². The molecule has 1 aromatic heterocycles. The lowest BCUT2D eigenvalue weighted by molar-refractivity contribution is 0.102. The van der Waals surface area contributed by atoms with Gasteiger partial charge in [-0.15, -0.1) is 0 Å². The number of rotatable bonds is 8. The Balaban J connectivity index is 1.83. The Morgan fingerprint density at radius 2 is 1.91 bits per heavy atom. The zero-order valence-electron chi connectivity index (χ0n) is 13.2. The van der Waals surface area contributed by atoms with Crippen LogP contribution in [0.1, 0.15) is 43.0 Å². The Morgan fingerprint density at radius 1 is 1.13 bits per heavy atom. The van der Waals surface area contributed by atoms with Crippen LogP contribution in [0.2, 0.25) is 5.15 Å². The molecule has 4 nitrogen and oxygen atoms in total. The minimum absolute atomic E-state index is 0.191. The maximum absolute atomic E-state index is 12.1. The summed E-state index contributed by atoms with van der Waals surface area (Å²) in [7, 11) is 0. The molecule has 2 rings (SSSR count). The van der Waals surface area contributed by atoms with Crippen molar-refractivity contribution in [3.8, 4) is 5.75 Å². The fourth-order valence-corrected chi connectivity index (χ4v) is 2.19. The highest BCUT2D eigenvalue weighted by Crippen LogP contribution is 2.15. The summed E-state index contributed by atoms with van der Waals surface area (Å²) < 4.78 is 5.66. The van der Waals surface area contributed by atoms with Gasteiger partial charge in [-0.2, -0.15) is 0 Å². The molecule has 0 atom stereocenters. The summed E-state index contributed by atoms with van der Waals surface area (Å²) in [5.41, 5.74) is 1.17. The smallest absolute Gasteiger partial charge is 0.255 e. The number of carbonyl (C=O) groups is 1. The third kappa shape index (κ3) is 5.91. The third-order valence-corrected chi connectivity index (χ3v) is 3.59. The number of nitrogens with zero attached hydrogens (tertiary/aromatic N) is 1. The van der Waals surface area contributed by atoms with E-state index in [-0.39, 0.29) is 5.91 Å². The fourth-order valence-electron chi connectivity index (χ4n) is 2.07. The minimum atomic E-state index is -0.191. The first-order valence-electron chi connectivity index (χ1n) is 7.85. The second-order valence-electron chi connectivity index (χ2n) is 5.26. The largest absolute Gasteiger partial charge is 0.494 e. The van der Waals surface area contributed by atoms with Crippen LogP contribution in [0.3, 0.4) is 0 Å². The van der Waals surface area contributed by atoms with E-state index in [0.29, 0.717) is 23.0 Å². The molecule has 0 aliphatic heterocycles. The lowest BCUT2D eigenvalue weighted by Crippen LogP contribution is -2.11. The molecule has 1 aromatic carbocycles. The summed E-state index contributed by atoms with van der Waals surface area (Å²) in [6.45, 7) is 2.90. The quantitative estimate of drug-likeness (QED) is 0.550. The van der Waals surface area contributed by atoms with Crippen molar-refractivity contribution in [2.75, 3.05) is 11.9 Å². The van der Waals surface area contributed by atoms with Gasteiger partial charge in [-0.25, -0.2) is 4.98 Å². The Kier molecular flexibility index (Phi) is 6.88. The lowest BCUT2D eigenvalue weighted by Gasteiger charge is -2.08. The number of pyridine rings is 1. The van der Waals surface area contributed by atoms with Gasteiger partial charge >= 0.3 is 0 Å². The number of halogens is 1. The van der Waals surface area contributed by atoms with Crippen LogP contribution in [0.15, 0.2) is 42.6 Å². The molecule has 0 fully saturated rings. The van der Waals surface area contributed by atoms with Crippen LogP contribution >= 0.6 is 11.6 Å². The number of nitrogens with one attached hydrogen (secondary N) is 1. The number of hydrogen-bond acceptors (Lipinski definition) is 3. The van der Waals surface area contributed by atoms with Crippen LogP contribution in [0.25, 0.3) is 0 Å². The van der Waals surface area contributed by atoms with E-state index in [1.165, 1.54) is 25.5 Å². The standard InChI is InChI=1S/C18H21ClN2O2/c1-2-3-4-5-12-23-16-9-6-14(7-10-16)18(22)21-15-8-11-17(19)20-13-15/h6-11,13H,2-5,12H2,1H3,(H,21,22). The van der Waals surface area contributed by atoms with Crippen molar-refractivity contribution in [2.24, 2.45) is 0 Å². The molecular weight excluding hydrogens is 312 g/mol. The average molecular weight is 333 g/mol. The molecule has 1 heterocycles. The van der Waals surface area contributed by atoms with Crippen LogP contribution in [0, 0.1) is 0 Å². The summed E-state index contributed by atoms with van der Waals surface area (Å²) in [5, 5.41) is 3.16. The van der Waals surface area contributed by atoms with E-state index < -0.39 is 0 Å². The van der Waals surface area contributed by atoms with Gasteiger partial charge in [0, 0.05) is 5.56 Å². The van der Waals surface area contributed by atoms with Crippen molar-refractivity contribution in [3.63, 3.8) is 0 Å². The van der Waals surface area contributed by atoms with Crippen LogP contribution in [0.4, 0.5) is 5.69 Å². The zero-order valence-corrected chi connectivity index (χ0v) is 14.0. The van der Waals surface area contributed by atoms with Crippen molar-refractivity contribution < 1.29 is 9.53 Å². The summed E-state index contributed by atoms with van der Waals surface area (Å²) in [6, 6.07) is 10.5. The van der Waals surface area contributed by atoms with Crippen LogP contribution in [-0.2, 0) is 0 Å². The normalized spacial score (nSPS) is 10.3. The predicted octanol–water partition coefficient (Wildman–Crippen LogP) is 4.95. The van der Waals surface area contributed by atoms with Gasteiger partial charge < -0.3 is 10.1 Å². The molecular formula is C18H21ClN2O2. The molecule has 0 spiro atoms. The monoisotopic (exact) mass is 332 g/mol. The summed E-state index contributed by atoms with van der Waals surface area (Å²) in [4.78, 5) is 16.1. The highest BCUT2D eigenvalue weighted by molar-refractivity contribution is 6.29. The molecule has 23 heavy (non-hydrogen) atoms. The molecule has 1 amide bonds. The number of ether oxygens (including phenoxy) is 1. The lowest BCUT2D eigenvalue weighted by atomic mass is 10.2. The molecule has 1 N–H and O–H groups in total. The predicted molar refractivity (Wildman–Crippen MR) is 93.3 cm³/mol. The van der Waals surface area contributed by atoms with Gasteiger partial charge in [0.1, 0.15) is 10.9 Å². The molecule has 0 aliphatic carbocycles. The van der Waals surface area contributed by atoms with E-state index in [4.69, 9.17) is 16.3 Å². The molecule has 0 saturated heterocycles. The van der Waals surface area contributed by atoms with Gasteiger partial charge in [0.15, 0.2) is 0 Å². The van der Waals surface area contributed by atoms with E-state index in [1.807, 2.05) is 12.1 Å². The van der Waals surface area contributed by atoms with Gasteiger partial charge in [0.25, 0.3) is 5.91 Å². The molecule has 2 aromatic rings. The van der Waals surface area contributed by atoms with E-state index in [2.05, 4.69) is 17.2 Å². The Labute approximate surface area is 141 Å². The minimum Gasteiger partial charge on any atom is -0.494 e. The van der Waals surface area contributed by atoms with E-state index in [0.717, 1.165) is 12.2 Å². The number of hydrogen-bond donors (Lipinski definition) is 1. The van der Waals surface area contributed by atoms with Crippen molar-refractivity contribution >= 4 is 23.2 Å². The molecule has 0 aliphatic rings. The molecule has 5 heteroatoms. The first-order valence-corrected chi connectivity index (χ1v) is 8.22. The van der Waals surface area contributed by atoms with Crippen molar-refractivity contribution in [1.82, 2.24) is 4.98 Å². The van der Waals surface area contributed by atoms with Crippen LogP contribution < -0.4 is 10.1 Å². The number of carbonyl (C=O) groups excluding carboxylic acids is 1. The summed E-state index contributed by atoms with van der Waals surface area (Å²) in [6.07, 6.45) is 6.22. The molecule has 0 radical (unpaired) electrons. The second-order valence-corrected chi connectivity index (χ2v) is 5.64. The summed E-state index contributed by atoms with van der Waals surface area (Å²) >= 11 is 5.71.